The molecule has 0 spiro atoms. The Morgan fingerprint density at radius 3 is 2.62 bits per heavy atom. The molecule has 1 aromatic rings. The summed E-state index contributed by atoms with van der Waals surface area (Å²) in [6.07, 6.45) is 0. The predicted octanol–water partition coefficient (Wildman–Crippen LogP) is 1.77. The Morgan fingerprint density at radius 1 is 1.46 bits per heavy atom. The van der Waals surface area contributed by atoms with Gasteiger partial charge in [-0.1, -0.05) is 0 Å². The maximum Gasteiger partial charge on any atom is 0.123 e. The number of rotatable bonds is 4. The van der Waals surface area contributed by atoms with E-state index in [9.17, 15) is 4.39 Å². The maximum atomic E-state index is 12.5. The second kappa shape index (κ2) is 5.21. The van der Waals surface area contributed by atoms with E-state index in [1.54, 1.807) is 23.9 Å². The zero-order valence-electron chi connectivity index (χ0n) is 7.46. The van der Waals surface area contributed by atoms with Crippen molar-refractivity contribution >= 4 is 11.8 Å². The Morgan fingerprint density at radius 2 is 2.08 bits per heavy atom. The number of hydrogen-bond acceptors (Lipinski definition) is 3. The first-order valence-corrected chi connectivity index (χ1v) is 5.05. The fourth-order valence-corrected chi connectivity index (χ4v) is 1.67. The molecule has 72 valence electrons. The summed E-state index contributed by atoms with van der Waals surface area (Å²) in [5, 5.41) is 0. The smallest absolute Gasteiger partial charge is 0.123 e. The van der Waals surface area contributed by atoms with Crippen molar-refractivity contribution in [2.24, 2.45) is 5.84 Å². The number of nitrogens with one attached hydrogen (secondary N) is 1. The van der Waals surface area contributed by atoms with Crippen molar-refractivity contribution < 1.29 is 4.39 Å². The molecule has 0 aliphatic heterocycles. The molecule has 1 unspecified atom stereocenters. The third kappa shape index (κ3) is 3.76. The number of hydrogen-bond donors (Lipinski definition) is 2. The molecule has 0 aliphatic carbocycles. The van der Waals surface area contributed by atoms with Crippen LogP contribution in [0.4, 0.5) is 4.39 Å². The summed E-state index contributed by atoms with van der Waals surface area (Å²) in [4.78, 5) is 1.06. The number of thioether (sulfide) groups is 1. The van der Waals surface area contributed by atoms with E-state index < -0.39 is 0 Å². The average molecular weight is 200 g/mol. The predicted molar refractivity (Wildman–Crippen MR) is 53.9 cm³/mol. The van der Waals surface area contributed by atoms with Crippen molar-refractivity contribution in [1.82, 2.24) is 5.43 Å². The topological polar surface area (TPSA) is 38.0 Å². The lowest BCUT2D eigenvalue weighted by atomic mass is 10.3. The van der Waals surface area contributed by atoms with E-state index in [1.807, 2.05) is 6.92 Å². The molecule has 4 heteroatoms. The van der Waals surface area contributed by atoms with E-state index in [-0.39, 0.29) is 11.9 Å². The summed E-state index contributed by atoms with van der Waals surface area (Å²) in [5.41, 5.74) is 2.65. The SMILES string of the molecule is CC(CSc1ccc(F)cc1)NN. The molecule has 0 fully saturated rings. The van der Waals surface area contributed by atoms with Crippen LogP contribution in [0.15, 0.2) is 29.2 Å². The molecule has 1 rings (SSSR count). The Balaban J connectivity index is 2.41. The molecule has 0 saturated carbocycles. The fourth-order valence-electron chi connectivity index (χ4n) is 0.800. The Labute approximate surface area is 81.7 Å². The van der Waals surface area contributed by atoms with Gasteiger partial charge in [0.1, 0.15) is 5.82 Å². The van der Waals surface area contributed by atoms with Gasteiger partial charge in [0.2, 0.25) is 0 Å². The molecule has 0 aromatic heterocycles. The third-order valence-electron chi connectivity index (χ3n) is 1.60. The first-order chi connectivity index (χ1) is 6.22. The lowest BCUT2D eigenvalue weighted by Crippen LogP contribution is -2.34. The van der Waals surface area contributed by atoms with E-state index >= 15 is 0 Å². The Hall–Kier alpha value is -0.580. The van der Waals surface area contributed by atoms with Gasteiger partial charge in [-0.05, 0) is 31.2 Å². The lowest BCUT2D eigenvalue weighted by Gasteiger charge is -2.08. The highest BCUT2D eigenvalue weighted by Gasteiger charge is 1.99. The van der Waals surface area contributed by atoms with Gasteiger partial charge in [-0.15, -0.1) is 11.8 Å². The first-order valence-electron chi connectivity index (χ1n) is 4.07. The van der Waals surface area contributed by atoms with Gasteiger partial charge >= 0.3 is 0 Å². The van der Waals surface area contributed by atoms with Crippen LogP contribution in [-0.4, -0.2) is 11.8 Å². The highest BCUT2D eigenvalue weighted by Crippen LogP contribution is 2.18. The summed E-state index contributed by atoms with van der Waals surface area (Å²) >= 11 is 1.65. The Kier molecular flexibility index (Phi) is 4.21. The van der Waals surface area contributed by atoms with Crippen molar-refractivity contribution in [3.05, 3.63) is 30.1 Å². The van der Waals surface area contributed by atoms with Gasteiger partial charge in [-0.2, -0.15) is 0 Å². The van der Waals surface area contributed by atoms with Gasteiger partial charge in [0, 0.05) is 16.7 Å². The normalized spacial score (nSPS) is 12.8. The summed E-state index contributed by atoms with van der Waals surface area (Å²) in [5.74, 6) is 5.91. The van der Waals surface area contributed by atoms with Crippen LogP contribution in [0, 0.1) is 5.82 Å². The number of hydrazine groups is 1. The molecule has 1 aromatic carbocycles. The molecule has 3 N–H and O–H groups in total. The van der Waals surface area contributed by atoms with Crippen molar-refractivity contribution in [2.45, 2.75) is 17.9 Å². The molecule has 2 nitrogen and oxygen atoms in total. The van der Waals surface area contributed by atoms with Crippen LogP contribution in [0.25, 0.3) is 0 Å². The molecule has 0 heterocycles. The lowest BCUT2D eigenvalue weighted by molar-refractivity contribution is 0.624. The summed E-state index contributed by atoms with van der Waals surface area (Å²) in [7, 11) is 0. The van der Waals surface area contributed by atoms with Gasteiger partial charge in [0.05, 0.1) is 0 Å². The van der Waals surface area contributed by atoms with Gasteiger partial charge in [0.25, 0.3) is 0 Å². The summed E-state index contributed by atoms with van der Waals surface area (Å²) < 4.78 is 12.5. The minimum atomic E-state index is -0.200. The molecule has 13 heavy (non-hydrogen) atoms. The van der Waals surface area contributed by atoms with E-state index in [0.717, 1.165) is 10.6 Å². The summed E-state index contributed by atoms with van der Waals surface area (Å²) in [6.45, 7) is 2.00. The fraction of sp³-hybridized carbons (Fsp3) is 0.333. The highest BCUT2D eigenvalue weighted by atomic mass is 32.2. The second-order valence-corrected chi connectivity index (χ2v) is 3.93. The molecule has 1 atom stereocenters. The molecule has 0 bridgehead atoms. The molecule has 0 saturated heterocycles. The van der Waals surface area contributed by atoms with Crippen LogP contribution in [0.1, 0.15) is 6.92 Å². The van der Waals surface area contributed by atoms with Crippen LogP contribution in [0.3, 0.4) is 0 Å². The largest absolute Gasteiger partial charge is 0.271 e. The van der Waals surface area contributed by atoms with E-state index in [4.69, 9.17) is 5.84 Å². The van der Waals surface area contributed by atoms with Gasteiger partial charge in [-0.25, -0.2) is 4.39 Å². The Bertz CT molecular complexity index is 250. The average Bonchev–Trinajstić information content (AvgIpc) is 2.16. The number of halogens is 1. The highest BCUT2D eigenvalue weighted by molar-refractivity contribution is 7.99. The zero-order valence-corrected chi connectivity index (χ0v) is 8.27. The monoisotopic (exact) mass is 200 g/mol. The third-order valence-corrected chi connectivity index (χ3v) is 2.87. The first kappa shape index (κ1) is 10.5. The van der Waals surface area contributed by atoms with Crippen LogP contribution in [-0.2, 0) is 0 Å². The maximum absolute atomic E-state index is 12.5. The van der Waals surface area contributed by atoms with Crippen molar-refractivity contribution in [3.8, 4) is 0 Å². The minimum Gasteiger partial charge on any atom is -0.271 e. The second-order valence-electron chi connectivity index (χ2n) is 2.83. The van der Waals surface area contributed by atoms with E-state index in [1.165, 1.54) is 12.1 Å². The standard InChI is InChI=1S/C9H13FN2S/c1-7(12-11)6-13-9-4-2-8(10)3-5-9/h2-5,7,12H,6,11H2,1H3. The van der Waals surface area contributed by atoms with Crippen LogP contribution < -0.4 is 11.3 Å². The summed E-state index contributed by atoms with van der Waals surface area (Å²) in [6, 6.07) is 6.72. The van der Waals surface area contributed by atoms with Crippen LogP contribution >= 0.6 is 11.8 Å². The van der Waals surface area contributed by atoms with Crippen molar-refractivity contribution in [1.29, 1.82) is 0 Å². The quantitative estimate of drug-likeness (QED) is 0.442. The van der Waals surface area contributed by atoms with E-state index in [2.05, 4.69) is 5.43 Å². The van der Waals surface area contributed by atoms with Gasteiger partial charge in [-0.3, -0.25) is 11.3 Å². The van der Waals surface area contributed by atoms with Gasteiger partial charge in [0.15, 0.2) is 0 Å². The number of benzene rings is 1. The zero-order chi connectivity index (χ0) is 9.68. The van der Waals surface area contributed by atoms with Crippen molar-refractivity contribution in [3.63, 3.8) is 0 Å². The molecule has 0 aliphatic rings. The molecular formula is C9H13FN2S. The van der Waals surface area contributed by atoms with Gasteiger partial charge < -0.3 is 0 Å². The molecule has 0 radical (unpaired) electrons. The van der Waals surface area contributed by atoms with Crippen molar-refractivity contribution in [2.75, 3.05) is 5.75 Å². The van der Waals surface area contributed by atoms with Crippen LogP contribution in [0.2, 0.25) is 0 Å². The molecular weight excluding hydrogens is 187 g/mol. The van der Waals surface area contributed by atoms with Crippen LogP contribution in [0.5, 0.6) is 0 Å². The van der Waals surface area contributed by atoms with E-state index in [0.29, 0.717) is 0 Å². The molecule has 0 amide bonds. The minimum absolute atomic E-state index is 0.200. The number of nitrogens with two attached hydrogens (primary N) is 1.